The Hall–Kier alpha value is -1.13. The van der Waals surface area contributed by atoms with Gasteiger partial charge in [-0.2, -0.15) is 0 Å². The van der Waals surface area contributed by atoms with Crippen molar-refractivity contribution >= 4 is 5.82 Å². The van der Waals surface area contributed by atoms with E-state index in [9.17, 15) is 0 Å². The van der Waals surface area contributed by atoms with Gasteiger partial charge >= 0.3 is 0 Å². The molecule has 1 rings (SSSR count). The zero-order valence-electron chi connectivity index (χ0n) is 13.3. The van der Waals surface area contributed by atoms with Gasteiger partial charge in [-0.25, -0.2) is 4.98 Å². The first-order valence-electron chi connectivity index (χ1n) is 7.58. The SMILES string of the molecule is CC(C)CNCc1cccnc1N(CCCO)C(C)C. The molecule has 0 spiro atoms. The fraction of sp³-hybridized carbons (Fsp3) is 0.688. The van der Waals surface area contributed by atoms with Gasteiger partial charge < -0.3 is 15.3 Å². The van der Waals surface area contributed by atoms with Crippen LogP contribution in [0.25, 0.3) is 0 Å². The number of aliphatic hydroxyl groups is 1. The maximum atomic E-state index is 9.06. The molecule has 0 bridgehead atoms. The number of hydrogen-bond acceptors (Lipinski definition) is 4. The molecular weight excluding hydrogens is 250 g/mol. The Kier molecular flexibility index (Phi) is 7.55. The third-order valence-corrected chi connectivity index (χ3v) is 3.19. The molecule has 0 aliphatic carbocycles. The second-order valence-corrected chi connectivity index (χ2v) is 5.88. The van der Waals surface area contributed by atoms with Gasteiger partial charge in [0.15, 0.2) is 0 Å². The van der Waals surface area contributed by atoms with Crippen molar-refractivity contribution in [1.29, 1.82) is 0 Å². The molecule has 1 aromatic rings. The number of anilines is 1. The number of pyridine rings is 1. The molecule has 4 heteroatoms. The van der Waals surface area contributed by atoms with E-state index in [0.29, 0.717) is 12.0 Å². The highest BCUT2D eigenvalue weighted by molar-refractivity contribution is 5.47. The molecule has 1 heterocycles. The number of nitrogens with one attached hydrogen (secondary N) is 1. The molecule has 0 aliphatic rings. The maximum Gasteiger partial charge on any atom is 0.133 e. The predicted octanol–water partition coefficient (Wildman–Crippen LogP) is 2.42. The minimum atomic E-state index is 0.219. The highest BCUT2D eigenvalue weighted by Gasteiger charge is 2.15. The molecule has 1 aromatic heterocycles. The Morgan fingerprint density at radius 3 is 2.65 bits per heavy atom. The summed E-state index contributed by atoms with van der Waals surface area (Å²) in [5, 5.41) is 12.5. The van der Waals surface area contributed by atoms with Gasteiger partial charge in [0.1, 0.15) is 5.82 Å². The topological polar surface area (TPSA) is 48.4 Å². The standard InChI is InChI=1S/C16H29N3O/c1-13(2)11-17-12-15-7-5-8-18-16(15)19(14(3)4)9-6-10-20/h5,7-8,13-14,17,20H,6,9-12H2,1-4H3. The van der Waals surface area contributed by atoms with Crippen molar-refractivity contribution in [2.75, 3.05) is 24.6 Å². The lowest BCUT2D eigenvalue weighted by molar-refractivity contribution is 0.288. The van der Waals surface area contributed by atoms with Crippen LogP contribution in [0.4, 0.5) is 5.82 Å². The van der Waals surface area contributed by atoms with Crippen molar-refractivity contribution in [1.82, 2.24) is 10.3 Å². The molecule has 0 unspecified atom stereocenters. The second kappa shape index (κ2) is 8.93. The highest BCUT2D eigenvalue weighted by Crippen LogP contribution is 2.20. The van der Waals surface area contributed by atoms with Gasteiger partial charge in [0.2, 0.25) is 0 Å². The van der Waals surface area contributed by atoms with E-state index in [2.05, 4.69) is 49.0 Å². The van der Waals surface area contributed by atoms with Gasteiger partial charge in [0, 0.05) is 37.5 Å². The number of aromatic nitrogens is 1. The van der Waals surface area contributed by atoms with E-state index in [1.54, 1.807) is 0 Å². The average Bonchev–Trinajstić information content (AvgIpc) is 2.40. The van der Waals surface area contributed by atoms with E-state index in [-0.39, 0.29) is 6.61 Å². The first-order valence-corrected chi connectivity index (χ1v) is 7.58. The predicted molar refractivity (Wildman–Crippen MR) is 85.0 cm³/mol. The van der Waals surface area contributed by atoms with Crippen LogP contribution >= 0.6 is 0 Å². The van der Waals surface area contributed by atoms with Gasteiger partial charge in [-0.3, -0.25) is 0 Å². The van der Waals surface area contributed by atoms with Crippen LogP contribution in [0, 0.1) is 5.92 Å². The van der Waals surface area contributed by atoms with Crippen molar-refractivity contribution in [2.24, 2.45) is 5.92 Å². The van der Waals surface area contributed by atoms with E-state index < -0.39 is 0 Å². The van der Waals surface area contributed by atoms with Crippen LogP contribution in [0.2, 0.25) is 0 Å². The Balaban J connectivity index is 2.80. The van der Waals surface area contributed by atoms with Gasteiger partial charge in [-0.1, -0.05) is 19.9 Å². The van der Waals surface area contributed by atoms with Crippen LogP contribution < -0.4 is 10.2 Å². The van der Waals surface area contributed by atoms with Crippen LogP contribution in [0.1, 0.15) is 39.7 Å². The van der Waals surface area contributed by atoms with Crippen molar-refractivity contribution < 1.29 is 5.11 Å². The second-order valence-electron chi connectivity index (χ2n) is 5.88. The Bertz CT molecular complexity index is 380. The summed E-state index contributed by atoms with van der Waals surface area (Å²) >= 11 is 0. The number of aliphatic hydroxyl groups excluding tert-OH is 1. The fourth-order valence-corrected chi connectivity index (χ4v) is 2.17. The molecule has 0 aliphatic heterocycles. The third kappa shape index (κ3) is 5.47. The van der Waals surface area contributed by atoms with E-state index in [1.807, 2.05) is 12.3 Å². The zero-order chi connectivity index (χ0) is 15.0. The van der Waals surface area contributed by atoms with Gasteiger partial charge in [-0.15, -0.1) is 0 Å². The lowest BCUT2D eigenvalue weighted by Gasteiger charge is -2.29. The Morgan fingerprint density at radius 1 is 1.30 bits per heavy atom. The Labute approximate surface area is 123 Å². The van der Waals surface area contributed by atoms with Crippen molar-refractivity contribution in [3.8, 4) is 0 Å². The van der Waals surface area contributed by atoms with Gasteiger partial charge in [0.25, 0.3) is 0 Å². The zero-order valence-corrected chi connectivity index (χ0v) is 13.3. The minimum absolute atomic E-state index is 0.219. The van der Waals surface area contributed by atoms with Crippen LogP contribution in [0.15, 0.2) is 18.3 Å². The van der Waals surface area contributed by atoms with Crippen LogP contribution in [-0.4, -0.2) is 35.8 Å². The Morgan fingerprint density at radius 2 is 2.05 bits per heavy atom. The van der Waals surface area contributed by atoms with E-state index >= 15 is 0 Å². The minimum Gasteiger partial charge on any atom is -0.396 e. The molecule has 20 heavy (non-hydrogen) atoms. The van der Waals surface area contributed by atoms with Crippen LogP contribution in [0.3, 0.4) is 0 Å². The molecule has 4 nitrogen and oxygen atoms in total. The molecule has 0 radical (unpaired) electrons. The summed E-state index contributed by atoms with van der Waals surface area (Å²) in [4.78, 5) is 6.82. The summed E-state index contributed by atoms with van der Waals surface area (Å²) in [6, 6.07) is 4.49. The molecule has 2 N–H and O–H groups in total. The quantitative estimate of drug-likeness (QED) is 0.729. The molecular formula is C16H29N3O. The van der Waals surface area contributed by atoms with E-state index in [0.717, 1.165) is 31.9 Å². The van der Waals surface area contributed by atoms with Gasteiger partial charge in [-0.05, 0) is 38.8 Å². The lowest BCUT2D eigenvalue weighted by Crippen LogP contribution is -2.34. The van der Waals surface area contributed by atoms with Crippen molar-refractivity contribution in [3.05, 3.63) is 23.9 Å². The van der Waals surface area contributed by atoms with Gasteiger partial charge in [0.05, 0.1) is 0 Å². The lowest BCUT2D eigenvalue weighted by atomic mass is 10.2. The molecule has 0 amide bonds. The van der Waals surface area contributed by atoms with E-state index in [4.69, 9.17) is 5.11 Å². The number of nitrogens with zero attached hydrogens (tertiary/aromatic N) is 2. The largest absolute Gasteiger partial charge is 0.396 e. The van der Waals surface area contributed by atoms with Crippen molar-refractivity contribution in [3.63, 3.8) is 0 Å². The molecule has 0 atom stereocenters. The maximum absolute atomic E-state index is 9.06. The van der Waals surface area contributed by atoms with E-state index in [1.165, 1.54) is 5.56 Å². The average molecular weight is 279 g/mol. The molecule has 0 saturated carbocycles. The summed E-state index contributed by atoms with van der Waals surface area (Å²) in [6.45, 7) is 11.6. The molecule has 0 saturated heterocycles. The smallest absolute Gasteiger partial charge is 0.133 e. The summed E-state index contributed by atoms with van der Waals surface area (Å²) in [6.07, 6.45) is 2.61. The first kappa shape index (κ1) is 16.9. The van der Waals surface area contributed by atoms with Crippen molar-refractivity contribution in [2.45, 2.75) is 46.7 Å². The molecule has 0 fully saturated rings. The number of rotatable bonds is 9. The molecule has 114 valence electrons. The summed E-state index contributed by atoms with van der Waals surface area (Å²) < 4.78 is 0. The number of hydrogen-bond donors (Lipinski definition) is 2. The monoisotopic (exact) mass is 279 g/mol. The third-order valence-electron chi connectivity index (χ3n) is 3.19. The molecule has 0 aromatic carbocycles. The van der Waals surface area contributed by atoms with Crippen LogP contribution in [0.5, 0.6) is 0 Å². The fourth-order valence-electron chi connectivity index (χ4n) is 2.17. The summed E-state index contributed by atoms with van der Waals surface area (Å²) in [5.41, 5.74) is 1.22. The summed E-state index contributed by atoms with van der Waals surface area (Å²) in [7, 11) is 0. The normalized spacial score (nSPS) is 11.3. The first-order chi connectivity index (χ1) is 9.56. The van der Waals surface area contributed by atoms with Crippen LogP contribution in [-0.2, 0) is 6.54 Å². The highest BCUT2D eigenvalue weighted by atomic mass is 16.3. The summed E-state index contributed by atoms with van der Waals surface area (Å²) in [5.74, 6) is 1.68.